The average molecular weight is 319 g/mol. The largest absolute Gasteiger partial charge is 0.378 e. The van der Waals surface area contributed by atoms with Gasteiger partial charge >= 0.3 is 0 Å². The Kier molecular flexibility index (Phi) is 6.19. The molecule has 1 fully saturated rings. The lowest BCUT2D eigenvalue weighted by molar-refractivity contribution is -0.143. The summed E-state index contributed by atoms with van der Waals surface area (Å²) in [5.41, 5.74) is -0.107. The van der Waals surface area contributed by atoms with Crippen LogP contribution in [0.5, 0.6) is 0 Å². The molecule has 1 N–H and O–H groups in total. The molecule has 4 nitrogen and oxygen atoms in total. The molecule has 1 heterocycles. The predicted molar refractivity (Wildman–Crippen MR) is 91.1 cm³/mol. The topological polar surface area (TPSA) is 47.6 Å². The Balaban J connectivity index is 2.02. The molecule has 3 atom stereocenters. The zero-order chi connectivity index (χ0) is 16.9. The molecule has 1 aliphatic rings. The maximum Gasteiger partial charge on any atom is 0.256 e. The number of carbonyl (C=O) groups excluding carboxylic acids is 1. The van der Waals surface area contributed by atoms with Gasteiger partial charge in [0.05, 0.1) is 6.10 Å². The zero-order valence-electron chi connectivity index (χ0n) is 14.7. The first kappa shape index (κ1) is 18.0. The van der Waals surface area contributed by atoms with Crippen LogP contribution in [0.25, 0.3) is 0 Å². The smallest absolute Gasteiger partial charge is 0.256 e. The van der Waals surface area contributed by atoms with Gasteiger partial charge in [0.2, 0.25) is 0 Å². The number of amides is 1. The Morgan fingerprint density at radius 2 is 2.09 bits per heavy atom. The van der Waals surface area contributed by atoms with Crippen molar-refractivity contribution in [3.63, 3.8) is 0 Å². The van der Waals surface area contributed by atoms with Crippen LogP contribution in [0.15, 0.2) is 30.3 Å². The first-order valence-electron chi connectivity index (χ1n) is 8.49. The number of hydrogen-bond donors (Lipinski definition) is 1. The molecule has 0 unspecified atom stereocenters. The van der Waals surface area contributed by atoms with Gasteiger partial charge in [0.15, 0.2) is 5.60 Å². The van der Waals surface area contributed by atoms with E-state index in [4.69, 9.17) is 9.47 Å². The minimum atomic E-state index is -0.968. The molecule has 0 spiro atoms. The van der Waals surface area contributed by atoms with Gasteiger partial charge in [0, 0.05) is 26.2 Å². The van der Waals surface area contributed by atoms with Crippen LogP contribution in [0.2, 0.25) is 0 Å². The quantitative estimate of drug-likeness (QED) is 0.876. The van der Waals surface area contributed by atoms with Crippen molar-refractivity contribution in [3.8, 4) is 0 Å². The van der Waals surface area contributed by atoms with E-state index in [-0.39, 0.29) is 12.0 Å². The molecule has 1 aliphatic heterocycles. The summed E-state index contributed by atoms with van der Waals surface area (Å²) in [4.78, 5) is 12.7. The van der Waals surface area contributed by atoms with Gasteiger partial charge < -0.3 is 14.8 Å². The number of rotatable bonds is 6. The fraction of sp³-hybridized carbons (Fsp3) is 0.632. The van der Waals surface area contributed by atoms with E-state index < -0.39 is 5.60 Å². The summed E-state index contributed by atoms with van der Waals surface area (Å²) < 4.78 is 11.5. The highest BCUT2D eigenvalue weighted by molar-refractivity contribution is 5.86. The van der Waals surface area contributed by atoms with Gasteiger partial charge in [-0.15, -0.1) is 0 Å². The third kappa shape index (κ3) is 4.12. The molecular formula is C19H29NO3. The molecule has 0 aromatic heterocycles. The van der Waals surface area contributed by atoms with Crippen molar-refractivity contribution in [3.05, 3.63) is 35.9 Å². The second-order valence-electron chi connectivity index (χ2n) is 6.80. The minimum Gasteiger partial charge on any atom is -0.378 e. The van der Waals surface area contributed by atoms with Gasteiger partial charge in [-0.05, 0) is 31.2 Å². The Bertz CT molecular complexity index is 503. The van der Waals surface area contributed by atoms with E-state index in [1.54, 1.807) is 7.11 Å². The third-order valence-corrected chi connectivity index (χ3v) is 4.84. The Morgan fingerprint density at radius 3 is 2.70 bits per heavy atom. The van der Waals surface area contributed by atoms with Crippen molar-refractivity contribution in [2.24, 2.45) is 11.8 Å². The molecule has 4 heteroatoms. The van der Waals surface area contributed by atoms with Crippen LogP contribution in [-0.4, -0.2) is 32.3 Å². The zero-order valence-corrected chi connectivity index (χ0v) is 14.7. The highest BCUT2D eigenvalue weighted by atomic mass is 16.5. The molecule has 0 aliphatic carbocycles. The lowest BCUT2D eigenvalue weighted by Crippen LogP contribution is -2.48. The van der Waals surface area contributed by atoms with E-state index in [0.717, 1.165) is 25.0 Å². The maximum absolute atomic E-state index is 12.7. The summed E-state index contributed by atoms with van der Waals surface area (Å²) in [6.07, 6.45) is 2.37. The lowest BCUT2D eigenvalue weighted by Gasteiger charge is -2.35. The van der Waals surface area contributed by atoms with Crippen LogP contribution >= 0.6 is 0 Å². The van der Waals surface area contributed by atoms with E-state index in [1.807, 2.05) is 37.3 Å². The summed E-state index contributed by atoms with van der Waals surface area (Å²) in [6.45, 7) is 7.62. The van der Waals surface area contributed by atoms with Crippen LogP contribution in [0.4, 0.5) is 0 Å². The lowest BCUT2D eigenvalue weighted by atomic mass is 9.87. The van der Waals surface area contributed by atoms with Gasteiger partial charge in [-0.25, -0.2) is 0 Å². The fourth-order valence-corrected chi connectivity index (χ4v) is 3.31. The number of ether oxygens (including phenoxy) is 2. The molecule has 0 saturated carbocycles. The Morgan fingerprint density at radius 1 is 1.39 bits per heavy atom. The van der Waals surface area contributed by atoms with Crippen molar-refractivity contribution in [1.82, 2.24) is 5.32 Å². The van der Waals surface area contributed by atoms with Crippen molar-refractivity contribution in [1.29, 1.82) is 0 Å². The SMILES string of the molecule is CO[C@](C)(C(=O)NC[C@@H]1CCCO[C@H]1C(C)C)c1ccccc1. The minimum absolute atomic E-state index is 0.0979. The van der Waals surface area contributed by atoms with Crippen molar-refractivity contribution >= 4 is 5.91 Å². The predicted octanol–water partition coefficient (Wildman–Crippen LogP) is 3.12. The van der Waals surface area contributed by atoms with Crippen LogP contribution in [0, 0.1) is 11.8 Å². The second kappa shape index (κ2) is 7.93. The van der Waals surface area contributed by atoms with Crippen LogP contribution < -0.4 is 5.32 Å². The monoisotopic (exact) mass is 319 g/mol. The van der Waals surface area contributed by atoms with Crippen molar-refractivity contribution in [2.75, 3.05) is 20.3 Å². The molecule has 23 heavy (non-hydrogen) atoms. The number of benzene rings is 1. The summed E-state index contributed by atoms with van der Waals surface area (Å²) in [7, 11) is 1.58. The summed E-state index contributed by atoms with van der Waals surface area (Å²) in [5.74, 6) is 0.726. The highest BCUT2D eigenvalue weighted by Crippen LogP contribution is 2.27. The standard InChI is InChI=1S/C19H29NO3/c1-14(2)17-15(9-8-12-23-17)13-20-18(21)19(3,22-4)16-10-6-5-7-11-16/h5-7,10-11,14-15,17H,8-9,12-13H2,1-4H3,(H,20,21)/t15-,17-,19-/m0/s1. The van der Waals surface area contributed by atoms with Crippen LogP contribution in [-0.2, 0) is 19.9 Å². The average Bonchev–Trinajstić information content (AvgIpc) is 2.59. The summed E-state index contributed by atoms with van der Waals surface area (Å²) in [5, 5.41) is 3.08. The Hall–Kier alpha value is -1.39. The maximum atomic E-state index is 12.7. The highest BCUT2D eigenvalue weighted by Gasteiger charge is 2.36. The molecule has 1 aromatic carbocycles. The molecule has 1 saturated heterocycles. The van der Waals surface area contributed by atoms with Gasteiger partial charge in [0.25, 0.3) is 5.91 Å². The Labute approximate surface area is 139 Å². The fourth-order valence-electron chi connectivity index (χ4n) is 3.31. The van der Waals surface area contributed by atoms with E-state index in [2.05, 4.69) is 19.2 Å². The van der Waals surface area contributed by atoms with Gasteiger partial charge in [-0.3, -0.25) is 4.79 Å². The van der Waals surface area contributed by atoms with E-state index in [0.29, 0.717) is 18.4 Å². The van der Waals surface area contributed by atoms with Gasteiger partial charge in [-0.1, -0.05) is 44.2 Å². The van der Waals surface area contributed by atoms with Crippen molar-refractivity contribution in [2.45, 2.75) is 45.3 Å². The van der Waals surface area contributed by atoms with E-state index >= 15 is 0 Å². The number of hydrogen-bond acceptors (Lipinski definition) is 3. The molecule has 128 valence electrons. The third-order valence-electron chi connectivity index (χ3n) is 4.84. The molecular weight excluding hydrogens is 290 g/mol. The van der Waals surface area contributed by atoms with Gasteiger partial charge in [-0.2, -0.15) is 0 Å². The van der Waals surface area contributed by atoms with Crippen LogP contribution in [0.1, 0.15) is 39.2 Å². The first-order valence-corrected chi connectivity index (χ1v) is 8.49. The molecule has 1 amide bonds. The number of nitrogens with one attached hydrogen (secondary N) is 1. The van der Waals surface area contributed by atoms with E-state index in [9.17, 15) is 4.79 Å². The first-order chi connectivity index (χ1) is 11.0. The normalized spacial score (nSPS) is 24.2. The number of carbonyl (C=O) groups is 1. The van der Waals surface area contributed by atoms with E-state index in [1.165, 1.54) is 0 Å². The van der Waals surface area contributed by atoms with Gasteiger partial charge in [0.1, 0.15) is 0 Å². The summed E-state index contributed by atoms with van der Waals surface area (Å²) >= 11 is 0. The molecule has 0 radical (unpaired) electrons. The second-order valence-corrected chi connectivity index (χ2v) is 6.80. The number of methoxy groups -OCH3 is 1. The summed E-state index contributed by atoms with van der Waals surface area (Å²) in [6, 6.07) is 9.62. The van der Waals surface area contributed by atoms with Crippen LogP contribution in [0.3, 0.4) is 0 Å². The molecule has 0 bridgehead atoms. The van der Waals surface area contributed by atoms with Crippen molar-refractivity contribution < 1.29 is 14.3 Å². The molecule has 1 aromatic rings. The molecule has 2 rings (SSSR count).